The molecule has 1 aliphatic rings. The van der Waals surface area contributed by atoms with Crippen LogP contribution in [0.3, 0.4) is 0 Å². The molecule has 2 rings (SSSR count). The summed E-state index contributed by atoms with van der Waals surface area (Å²) in [6.45, 7) is 11.8. The van der Waals surface area contributed by atoms with Crippen molar-refractivity contribution in [1.82, 2.24) is 10.2 Å². The van der Waals surface area contributed by atoms with Crippen molar-refractivity contribution >= 4 is 0 Å². The summed E-state index contributed by atoms with van der Waals surface area (Å²) in [6, 6.07) is 3.55. The van der Waals surface area contributed by atoms with Crippen molar-refractivity contribution in [3.05, 3.63) is 23.2 Å². The van der Waals surface area contributed by atoms with Crippen LogP contribution in [-0.4, -0.2) is 23.5 Å². The highest BCUT2D eigenvalue weighted by Gasteiger charge is 2.21. The van der Waals surface area contributed by atoms with E-state index in [4.69, 9.17) is 4.42 Å². The predicted molar refractivity (Wildman–Crippen MR) is 79.1 cm³/mol. The Morgan fingerprint density at radius 2 is 2.16 bits per heavy atom. The summed E-state index contributed by atoms with van der Waals surface area (Å²) in [6.07, 6.45) is 3.86. The highest BCUT2D eigenvalue weighted by molar-refractivity contribution is 5.21. The second kappa shape index (κ2) is 6.58. The largest absolute Gasteiger partial charge is 0.465 e. The molecule has 1 aromatic heterocycles. The molecule has 0 atom stereocenters. The first-order valence-electron chi connectivity index (χ1n) is 7.65. The quantitative estimate of drug-likeness (QED) is 0.779. The van der Waals surface area contributed by atoms with E-state index in [0.717, 1.165) is 37.2 Å². The first kappa shape index (κ1) is 14.6. The van der Waals surface area contributed by atoms with Gasteiger partial charge in [-0.15, -0.1) is 0 Å². The third-order valence-electron chi connectivity index (χ3n) is 3.83. The zero-order valence-electron chi connectivity index (χ0n) is 12.8. The summed E-state index contributed by atoms with van der Waals surface area (Å²) in [5.74, 6) is 2.18. The predicted octanol–water partition coefficient (Wildman–Crippen LogP) is 3.46. The first-order valence-corrected chi connectivity index (χ1v) is 7.65. The van der Waals surface area contributed by atoms with Crippen LogP contribution in [0.25, 0.3) is 0 Å². The monoisotopic (exact) mass is 264 g/mol. The fraction of sp³-hybridized carbons (Fsp3) is 0.750. The number of rotatable bonds is 8. The Balaban J connectivity index is 1.93. The van der Waals surface area contributed by atoms with Gasteiger partial charge < -0.3 is 9.73 Å². The molecule has 0 aliphatic heterocycles. The lowest BCUT2D eigenvalue weighted by molar-refractivity contribution is 0.196. The van der Waals surface area contributed by atoms with E-state index < -0.39 is 0 Å². The van der Waals surface area contributed by atoms with E-state index in [2.05, 4.69) is 44.0 Å². The molecule has 19 heavy (non-hydrogen) atoms. The number of aryl methyl sites for hydroxylation is 1. The maximum Gasteiger partial charge on any atom is 0.118 e. The Morgan fingerprint density at radius 1 is 1.42 bits per heavy atom. The molecule has 0 amide bonds. The van der Waals surface area contributed by atoms with Gasteiger partial charge in [0, 0.05) is 24.2 Å². The zero-order valence-corrected chi connectivity index (χ0v) is 12.8. The van der Waals surface area contributed by atoms with Gasteiger partial charge in [-0.25, -0.2) is 0 Å². The molecule has 1 fully saturated rings. The fourth-order valence-corrected chi connectivity index (χ4v) is 2.39. The maximum absolute atomic E-state index is 5.91. The van der Waals surface area contributed by atoms with Crippen LogP contribution in [0.15, 0.2) is 10.5 Å². The lowest BCUT2D eigenvalue weighted by atomic mass is 10.2. The third-order valence-corrected chi connectivity index (χ3v) is 3.83. The van der Waals surface area contributed by atoms with Crippen molar-refractivity contribution in [1.29, 1.82) is 0 Å². The zero-order chi connectivity index (χ0) is 13.8. The molecule has 1 saturated carbocycles. The molecule has 0 unspecified atom stereocenters. The molecular weight excluding hydrogens is 236 g/mol. The minimum Gasteiger partial charge on any atom is -0.465 e. The Kier molecular flexibility index (Phi) is 5.06. The van der Waals surface area contributed by atoms with Gasteiger partial charge in [-0.3, -0.25) is 4.90 Å². The minimum atomic E-state index is 0.568. The van der Waals surface area contributed by atoms with Gasteiger partial charge >= 0.3 is 0 Å². The standard InChI is InChI=1S/C16H28N2O/c1-5-8-18(12(2)3)11-16-9-14(13(4)19-16)10-17-15-6-7-15/h9,12,15,17H,5-8,10-11H2,1-4H3. The van der Waals surface area contributed by atoms with Gasteiger partial charge in [-0.05, 0) is 52.6 Å². The summed E-state index contributed by atoms with van der Waals surface area (Å²) in [7, 11) is 0. The average molecular weight is 264 g/mol. The van der Waals surface area contributed by atoms with Crippen LogP contribution < -0.4 is 5.32 Å². The van der Waals surface area contributed by atoms with E-state index in [1.165, 1.54) is 24.8 Å². The van der Waals surface area contributed by atoms with E-state index in [9.17, 15) is 0 Å². The van der Waals surface area contributed by atoms with E-state index >= 15 is 0 Å². The van der Waals surface area contributed by atoms with Crippen LogP contribution in [-0.2, 0) is 13.1 Å². The van der Waals surface area contributed by atoms with E-state index in [-0.39, 0.29) is 0 Å². The molecule has 108 valence electrons. The normalized spacial score (nSPS) is 15.7. The molecule has 0 spiro atoms. The number of hydrogen-bond acceptors (Lipinski definition) is 3. The van der Waals surface area contributed by atoms with Gasteiger partial charge in [0.15, 0.2) is 0 Å². The van der Waals surface area contributed by atoms with Gasteiger partial charge in [0.1, 0.15) is 11.5 Å². The van der Waals surface area contributed by atoms with Crippen molar-refractivity contribution < 1.29 is 4.42 Å². The molecule has 0 radical (unpaired) electrons. The molecule has 3 nitrogen and oxygen atoms in total. The molecule has 3 heteroatoms. The van der Waals surface area contributed by atoms with Gasteiger partial charge in [0.25, 0.3) is 0 Å². The molecule has 1 N–H and O–H groups in total. The average Bonchev–Trinajstić information content (AvgIpc) is 3.11. The van der Waals surface area contributed by atoms with Crippen molar-refractivity contribution in [3.8, 4) is 0 Å². The molecular formula is C16H28N2O. The highest BCUT2D eigenvalue weighted by atomic mass is 16.3. The first-order chi connectivity index (χ1) is 9.10. The lowest BCUT2D eigenvalue weighted by Gasteiger charge is -2.24. The SMILES string of the molecule is CCCN(Cc1cc(CNC2CC2)c(C)o1)C(C)C. The van der Waals surface area contributed by atoms with Crippen molar-refractivity contribution in [2.45, 2.75) is 72.1 Å². The molecule has 1 aliphatic carbocycles. The fourth-order valence-electron chi connectivity index (χ4n) is 2.39. The van der Waals surface area contributed by atoms with Gasteiger partial charge in [-0.2, -0.15) is 0 Å². The Bertz CT molecular complexity index is 393. The van der Waals surface area contributed by atoms with E-state index in [1.807, 2.05) is 0 Å². The molecule has 0 aromatic carbocycles. The number of nitrogens with one attached hydrogen (secondary N) is 1. The van der Waals surface area contributed by atoms with E-state index in [1.54, 1.807) is 0 Å². The number of nitrogens with zero attached hydrogens (tertiary/aromatic N) is 1. The van der Waals surface area contributed by atoms with Crippen LogP contribution in [0, 0.1) is 6.92 Å². The summed E-state index contributed by atoms with van der Waals surface area (Å²) >= 11 is 0. The lowest BCUT2D eigenvalue weighted by Crippen LogP contribution is -2.30. The molecule has 1 heterocycles. The van der Waals surface area contributed by atoms with Crippen molar-refractivity contribution in [2.75, 3.05) is 6.54 Å². The van der Waals surface area contributed by atoms with Crippen molar-refractivity contribution in [3.63, 3.8) is 0 Å². The summed E-state index contributed by atoms with van der Waals surface area (Å²) < 4.78 is 5.91. The van der Waals surface area contributed by atoms with Crippen LogP contribution in [0.4, 0.5) is 0 Å². The van der Waals surface area contributed by atoms with Crippen LogP contribution >= 0.6 is 0 Å². The topological polar surface area (TPSA) is 28.4 Å². The van der Waals surface area contributed by atoms with Crippen LogP contribution in [0.5, 0.6) is 0 Å². The Morgan fingerprint density at radius 3 is 2.74 bits per heavy atom. The summed E-state index contributed by atoms with van der Waals surface area (Å²) in [5, 5.41) is 3.55. The summed E-state index contributed by atoms with van der Waals surface area (Å²) in [5.41, 5.74) is 1.32. The second-order valence-corrected chi connectivity index (χ2v) is 6.01. The highest BCUT2D eigenvalue weighted by Crippen LogP contribution is 2.22. The van der Waals surface area contributed by atoms with Crippen LogP contribution in [0.1, 0.15) is 57.1 Å². The number of furan rings is 1. The maximum atomic E-state index is 5.91. The third kappa shape index (κ3) is 4.36. The smallest absolute Gasteiger partial charge is 0.118 e. The molecule has 0 bridgehead atoms. The minimum absolute atomic E-state index is 0.568. The second-order valence-electron chi connectivity index (χ2n) is 6.01. The Hall–Kier alpha value is -0.800. The number of hydrogen-bond donors (Lipinski definition) is 1. The molecule has 0 saturated heterocycles. The van der Waals surface area contributed by atoms with Crippen molar-refractivity contribution in [2.24, 2.45) is 0 Å². The van der Waals surface area contributed by atoms with E-state index in [0.29, 0.717) is 6.04 Å². The van der Waals surface area contributed by atoms with Gasteiger partial charge in [0.05, 0.1) is 6.54 Å². The van der Waals surface area contributed by atoms with Gasteiger partial charge in [0.2, 0.25) is 0 Å². The van der Waals surface area contributed by atoms with Gasteiger partial charge in [-0.1, -0.05) is 6.92 Å². The Labute approximate surface area is 117 Å². The summed E-state index contributed by atoms with van der Waals surface area (Å²) in [4.78, 5) is 2.47. The molecule has 1 aromatic rings. The van der Waals surface area contributed by atoms with Crippen LogP contribution in [0.2, 0.25) is 0 Å².